The van der Waals surface area contributed by atoms with Gasteiger partial charge in [0.2, 0.25) is 5.91 Å². The van der Waals surface area contributed by atoms with Gasteiger partial charge in [0.1, 0.15) is 17.6 Å². The van der Waals surface area contributed by atoms with Crippen LogP contribution in [0.15, 0.2) is 18.2 Å². The maximum Gasteiger partial charge on any atom is 0.233 e. The zero-order valence-electron chi connectivity index (χ0n) is 18.3. The monoisotopic (exact) mass is 403 g/mol. The van der Waals surface area contributed by atoms with Crippen molar-refractivity contribution in [2.45, 2.75) is 65.0 Å². The third-order valence-electron chi connectivity index (χ3n) is 5.70. The first-order valence-corrected chi connectivity index (χ1v) is 10.9. The van der Waals surface area contributed by atoms with Crippen LogP contribution in [-0.4, -0.2) is 50.5 Å². The van der Waals surface area contributed by atoms with Crippen molar-refractivity contribution in [2.24, 2.45) is 5.92 Å². The number of Topliss-reactive ketones (excluding diaryl/α,β-unsaturated/α-hetero) is 1. The maximum absolute atomic E-state index is 12.0. The lowest BCUT2D eigenvalue weighted by molar-refractivity contribution is -0.121. The predicted octanol–water partition coefficient (Wildman–Crippen LogP) is 2.24. The molecule has 6 heteroatoms. The molecule has 162 valence electrons. The Bertz CT molecular complexity index is 677. The van der Waals surface area contributed by atoms with Gasteiger partial charge in [-0.05, 0) is 56.7 Å². The van der Waals surface area contributed by atoms with Gasteiger partial charge in [0.15, 0.2) is 0 Å². The third kappa shape index (κ3) is 7.12. The van der Waals surface area contributed by atoms with Crippen LogP contribution in [0.5, 0.6) is 5.75 Å². The van der Waals surface area contributed by atoms with Crippen molar-refractivity contribution in [3.63, 3.8) is 0 Å². The van der Waals surface area contributed by atoms with Crippen LogP contribution < -0.4 is 20.7 Å². The van der Waals surface area contributed by atoms with E-state index in [0.717, 1.165) is 37.9 Å². The molecule has 0 aliphatic carbocycles. The molecule has 3 N–H and O–H groups in total. The topological polar surface area (TPSA) is 79.5 Å². The summed E-state index contributed by atoms with van der Waals surface area (Å²) < 4.78 is 6.35. The van der Waals surface area contributed by atoms with Gasteiger partial charge < -0.3 is 20.7 Å². The zero-order chi connectivity index (χ0) is 21.2. The molecule has 1 aromatic carbocycles. The van der Waals surface area contributed by atoms with Gasteiger partial charge in [0, 0.05) is 13.1 Å². The number of hydrogen-bond acceptors (Lipinski definition) is 5. The lowest BCUT2D eigenvalue weighted by Gasteiger charge is -2.30. The summed E-state index contributed by atoms with van der Waals surface area (Å²) in [7, 11) is 1.76. The van der Waals surface area contributed by atoms with Gasteiger partial charge in [-0.1, -0.05) is 38.5 Å². The quantitative estimate of drug-likeness (QED) is 0.467. The second kappa shape index (κ2) is 11.9. The van der Waals surface area contributed by atoms with E-state index in [4.69, 9.17) is 4.74 Å². The summed E-state index contributed by atoms with van der Waals surface area (Å²) in [6.07, 6.45) is 4.73. The number of hydrogen-bond donors (Lipinski definition) is 3. The van der Waals surface area contributed by atoms with E-state index in [1.165, 1.54) is 11.1 Å². The number of nitrogens with one attached hydrogen (secondary N) is 3. The van der Waals surface area contributed by atoms with E-state index in [2.05, 4.69) is 48.0 Å². The number of carbonyl (C=O) groups excluding carboxylic acids is 2. The molecule has 0 spiro atoms. The van der Waals surface area contributed by atoms with Crippen LogP contribution in [0.4, 0.5) is 0 Å². The van der Waals surface area contributed by atoms with Crippen LogP contribution in [0.2, 0.25) is 0 Å². The number of carbonyl (C=O) groups is 2. The summed E-state index contributed by atoms with van der Waals surface area (Å²) in [4.78, 5) is 23.5. The van der Waals surface area contributed by atoms with E-state index >= 15 is 0 Å². The summed E-state index contributed by atoms with van der Waals surface area (Å²) in [5, 5.41) is 9.21. The molecular formula is C23H37N3O3. The third-order valence-corrected chi connectivity index (χ3v) is 5.70. The van der Waals surface area contributed by atoms with Crippen LogP contribution >= 0.6 is 0 Å². The average molecular weight is 404 g/mol. The molecule has 3 unspecified atom stereocenters. The Labute approximate surface area is 175 Å². The molecule has 6 nitrogen and oxygen atoms in total. The highest BCUT2D eigenvalue weighted by atomic mass is 16.5. The van der Waals surface area contributed by atoms with Gasteiger partial charge >= 0.3 is 0 Å². The zero-order valence-corrected chi connectivity index (χ0v) is 18.3. The number of aryl methyl sites for hydroxylation is 2. The molecule has 0 saturated carbocycles. The van der Waals surface area contributed by atoms with E-state index in [1.54, 1.807) is 14.0 Å². The van der Waals surface area contributed by atoms with Crippen molar-refractivity contribution in [1.82, 2.24) is 16.0 Å². The van der Waals surface area contributed by atoms with Crippen molar-refractivity contribution < 1.29 is 14.3 Å². The Kier molecular flexibility index (Phi) is 9.61. The lowest BCUT2D eigenvalue weighted by atomic mass is 9.94. The molecule has 2 rings (SSSR count). The molecule has 0 aromatic heterocycles. The van der Waals surface area contributed by atoms with Gasteiger partial charge in [0.05, 0.1) is 12.6 Å². The van der Waals surface area contributed by atoms with Crippen molar-refractivity contribution in [2.75, 3.05) is 26.7 Å². The number of ketones is 1. The minimum Gasteiger partial charge on any atom is -0.489 e. The second-order valence-corrected chi connectivity index (χ2v) is 8.05. The van der Waals surface area contributed by atoms with E-state index < -0.39 is 0 Å². The van der Waals surface area contributed by atoms with Crippen molar-refractivity contribution in [3.05, 3.63) is 29.3 Å². The molecule has 1 aliphatic heterocycles. The number of fused-ring (bicyclic) bond motifs is 1. The lowest BCUT2D eigenvalue weighted by Crippen LogP contribution is -2.46. The highest BCUT2D eigenvalue weighted by Crippen LogP contribution is 2.32. The van der Waals surface area contributed by atoms with E-state index in [0.29, 0.717) is 25.6 Å². The molecule has 1 amide bonds. The molecule has 0 fully saturated rings. The van der Waals surface area contributed by atoms with E-state index in [-0.39, 0.29) is 23.8 Å². The van der Waals surface area contributed by atoms with Crippen LogP contribution in [0, 0.1) is 5.92 Å². The number of amides is 1. The van der Waals surface area contributed by atoms with Crippen LogP contribution in [0.3, 0.4) is 0 Å². The number of likely N-dealkylation sites (N-methyl/N-ethyl adjacent to an activating group) is 1. The fraction of sp³-hybridized carbons (Fsp3) is 0.652. The molecule has 0 bridgehead atoms. The van der Waals surface area contributed by atoms with Crippen LogP contribution in [-0.2, 0) is 22.4 Å². The molecule has 3 atom stereocenters. The second-order valence-electron chi connectivity index (χ2n) is 8.05. The molecule has 0 radical (unpaired) electrons. The van der Waals surface area contributed by atoms with Crippen LogP contribution in [0.1, 0.15) is 51.2 Å². The predicted molar refractivity (Wildman–Crippen MR) is 116 cm³/mol. The highest BCUT2D eigenvalue weighted by Gasteiger charge is 2.25. The molecule has 29 heavy (non-hydrogen) atoms. The Morgan fingerprint density at radius 2 is 2.10 bits per heavy atom. The Morgan fingerprint density at radius 1 is 1.31 bits per heavy atom. The summed E-state index contributed by atoms with van der Waals surface area (Å²) in [5.74, 6) is 1.52. The van der Waals surface area contributed by atoms with Crippen LogP contribution in [0.25, 0.3) is 0 Å². The van der Waals surface area contributed by atoms with E-state index in [9.17, 15) is 9.59 Å². The van der Waals surface area contributed by atoms with Gasteiger partial charge in [0.25, 0.3) is 0 Å². The molecule has 1 heterocycles. The first-order valence-electron chi connectivity index (χ1n) is 10.9. The normalized spacial score (nSPS) is 17.7. The van der Waals surface area contributed by atoms with Crippen molar-refractivity contribution >= 4 is 11.7 Å². The highest BCUT2D eigenvalue weighted by molar-refractivity contribution is 5.81. The summed E-state index contributed by atoms with van der Waals surface area (Å²) in [6.45, 7) is 7.57. The Hall–Kier alpha value is -1.92. The first kappa shape index (κ1) is 23.4. The fourth-order valence-electron chi connectivity index (χ4n) is 3.84. The Balaban J connectivity index is 1.91. The summed E-state index contributed by atoms with van der Waals surface area (Å²) >= 11 is 0. The first-order chi connectivity index (χ1) is 14.0. The number of rotatable bonds is 12. The Morgan fingerprint density at radius 3 is 2.79 bits per heavy atom. The van der Waals surface area contributed by atoms with Crippen molar-refractivity contribution in [1.29, 1.82) is 0 Å². The largest absolute Gasteiger partial charge is 0.489 e. The summed E-state index contributed by atoms with van der Waals surface area (Å²) in [6, 6.07) is 6.22. The molecule has 0 saturated heterocycles. The van der Waals surface area contributed by atoms with Gasteiger partial charge in [-0.2, -0.15) is 0 Å². The maximum atomic E-state index is 12.0. The average Bonchev–Trinajstić information content (AvgIpc) is 2.71. The van der Waals surface area contributed by atoms with Crippen molar-refractivity contribution in [3.8, 4) is 5.75 Å². The fourth-order valence-corrected chi connectivity index (χ4v) is 3.84. The number of para-hydroxylation sites is 1. The number of benzene rings is 1. The molecular weight excluding hydrogens is 366 g/mol. The smallest absolute Gasteiger partial charge is 0.233 e. The van der Waals surface area contributed by atoms with Gasteiger partial charge in [-0.25, -0.2) is 0 Å². The standard InChI is InChI=1S/C23H37N3O3/c1-5-16(2)22(17(3)27)26-14-20-12-11-19-9-6-8-18(23(19)29-20)10-7-13-25-21(28)15-24-4/h6,8-9,16,20,22,24,26H,5,7,10-15H2,1-4H3,(H,25,28). The minimum absolute atomic E-state index is 0.0197. The number of ether oxygens (including phenoxy) is 1. The van der Waals surface area contributed by atoms with Gasteiger partial charge in [-0.3, -0.25) is 9.59 Å². The molecule has 1 aliphatic rings. The van der Waals surface area contributed by atoms with E-state index in [1.807, 2.05) is 0 Å². The SMILES string of the molecule is CCC(C)C(NCC1CCc2cccc(CCCNC(=O)CNC)c2O1)C(C)=O. The summed E-state index contributed by atoms with van der Waals surface area (Å²) in [5.41, 5.74) is 2.45. The molecule has 1 aromatic rings. The van der Waals surface area contributed by atoms with Gasteiger partial charge in [-0.15, -0.1) is 0 Å². The minimum atomic E-state index is -0.110.